The van der Waals surface area contributed by atoms with Gasteiger partial charge in [-0.3, -0.25) is 0 Å². The van der Waals surface area contributed by atoms with Gasteiger partial charge in [-0.25, -0.2) is 14.8 Å². The first-order valence-corrected chi connectivity index (χ1v) is 8.76. The van der Waals surface area contributed by atoms with Gasteiger partial charge in [0.15, 0.2) is 0 Å². The van der Waals surface area contributed by atoms with Crippen molar-refractivity contribution in [1.82, 2.24) is 9.97 Å². The molecule has 0 amide bonds. The smallest absolute Gasteiger partial charge is 0.335 e. The summed E-state index contributed by atoms with van der Waals surface area (Å²) in [5.74, 6) is 0.537. The molecule has 1 heterocycles. The van der Waals surface area contributed by atoms with Crippen LogP contribution in [0.5, 0.6) is 0 Å². The van der Waals surface area contributed by atoms with Crippen LogP contribution in [0.4, 0.5) is 17.3 Å². The standard InChI is InChI=1S/C21H22N4O2/c1-15(2)25(13-16-6-4-3-5-7-16)20-12-19(22-14-23-20)24-18-10-8-17(9-11-18)21(26)27/h3-12,14-15H,13H2,1-2H3,(H,26,27)(H,22,23,24). The molecular weight excluding hydrogens is 340 g/mol. The largest absolute Gasteiger partial charge is 0.478 e. The highest BCUT2D eigenvalue weighted by molar-refractivity contribution is 5.88. The summed E-state index contributed by atoms with van der Waals surface area (Å²) in [4.78, 5) is 21.9. The van der Waals surface area contributed by atoms with E-state index in [9.17, 15) is 4.79 Å². The van der Waals surface area contributed by atoms with E-state index in [2.05, 4.69) is 46.2 Å². The van der Waals surface area contributed by atoms with E-state index in [1.165, 1.54) is 11.9 Å². The van der Waals surface area contributed by atoms with Gasteiger partial charge in [0.1, 0.15) is 18.0 Å². The number of anilines is 3. The van der Waals surface area contributed by atoms with Crippen LogP contribution >= 0.6 is 0 Å². The molecule has 0 unspecified atom stereocenters. The van der Waals surface area contributed by atoms with E-state index >= 15 is 0 Å². The number of rotatable bonds is 7. The molecule has 6 heteroatoms. The van der Waals surface area contributed by atoms with E-state index < -0.39 is 5.97 Å². The van der Waals surface area contributed by atoms with E-state index in [1.807, 2.05) is 24.3 Å². The lowest BCUT2D eigenvalue weighted by Gasteiger charge is -2.28. The number of benzene rings is 2. The maximum atomic E-state index is 11.0. The first-order valence-electron chi connectivity index (χ1n) is 8.76. The van der Waals surface area contributed by atoms with E-state index in [4.69, 9.17) is 5.11 Å². The van der Waals surface area contributed by atoms with Crippen molar-refractivity contribution in [3.63, 3.8) is 0 Å². The monoisotopic (exact) mass is 362 g/mol. The Morgan fingerprint density at radius 2 is 1.78 bits per heavy atom. The van der Waals surface area contributed by atoms with Crippen LogP contribution in [0.3, 0.4) is 0 Å². The topological polar surface area (TPSA) is 78.4 Å². The summed E-state index contributed by atoms with van der Waals surface area (Å²) in [5, 5.41) is 12.2. The summed E-state index contributed by atoms with van der Waals surface area (Å²) in [5.41, 5.74) is 2.23. The van der Waals surface area contributed by atoms with Crippen LogP contribution in [-0.4, -0.2) is 27.1 Å². The number of carboxylic acid groups (broad SMARTS) is 1. The van der Waals surface area contributed by atoms with Gasteiger partial charge in [-0.15, -0.1) is 0 Å². The lowest BCUT2D eigenvalue weighted by Crippen LogP contribution is -2.31. The molecule has 2 aromatic carbocycles. The molecule has 0 atom stereocenters. The van der Waals surface area contributed by atoms with Gasteiger partial charge in [0.25, 0.3) is 0 Å². The highest BCUT2D eigenvalue weighted by Gasteiger charge is 2.14. The molecule has 138 valence electrons. The number of nitrogens with one attached hydrogen (secondary N) is 1. The van der Waals surface area contributed by atoms with Gasteiger partial charge in [-0.1, -0.05) is 30.3 Å². The third-order valence-corrected chi connectivity index (χ3v) is 4.17. The van der Waals surface area contributed by atoms with Gasteiger partial charge >= 0.3 is 5.97 Å². The Labute approximate surface area is 158 Å². The fourth-order valence-electron chi connectivity index (χ4n) is 2.72. The summed E-state index contributed by atoms with van der Waals surface area (Å²) >= 11 is 0. The maximum absolute atomic E-state index is 11.0. The second-order valence-corrected chi connectivity index (χ2v) is 6.48. The SMILES string of the molecule is CC(C)N(Cc1ccccc1)c1cc(Nc2ccc(C(=O)O)cc2)ncn1. The Bertz CT molecular complexity index is 896. The van der Waals surface area contributed by atoms with E-state index in [0.717, 1.165) is 18.1 Å². The predicted octanol–water partition coefficient (Wildman–Crippen LogP) is 4.33. The minimum Gasteiger partial charge on any atom is -0.478 e. The van der Waals surface area contributed by atoms with Crippen LogP contribution in [-0.2, 0) is 6.54 Å². The van der Waals surface area contributed by atoms with Crippen molar-refractivity contribution in [2.45, 2.75) is 26.4 Å². The molecule has 0 saturated carbocycles. The summed E-state index contributed by atoms with van der Waals surface area (Å²) < 4.78 is 0. The normalized spacial score (nSPS) is 10.6. The molecule has 2 N–H and O–H groups in total. The molecule has 3 rings (SSSR count). The Morgan fingerprint density at radius 1 is 1.07 bits per heavy atom. The zero-order valence-electron chi connectivity index (χ0n) is 15.3. The number of carbonyl (C=O) groups is 1. The molecule has 0 fully saturated rings. The fourth-order valence-corrected chi connectivity index (χ4v) is 2.72. The Balaban J connectivity index is 1.79. The highest BCUT2D eigenvalue weighted by Crippen LogP contribution is 2.22. The Morgan fingerprint density at radius 3 is 2.41 bits per heavy atom. The Kier molecular flexibility index (Phi) is 5.66. The van der Waals surface area contributed by atoms with Crippen molar-refractivity contribution in [2.75, 3.05) is 10.2 Å². The van der Waals surface area contributed by atoms with Crippen LogP contribution in [0.2, 0.25) is 0 Å². The number of hydrogen-bond acceptors (Lipinski definition) is 5. The van der Waals surface area contributed by atoms with Crippen molar-refractivity contribution >= 4 is 23.3 Å². The molecule has 27 heavy (non-hydrogen) atoms. The molecule has 0 bridgehead atoms. The van der Waals surface area contributed by atoms with Crippen molar-refractivity contribution < 1.29 is 9.90 Å². The summed E-state index contributed by atoms with van der Waals surface area (Å²) in [7, 11) is 0. The number of aromatic carboxylic acids is 1. The van der Waals surface area contributed by atoms with Gasteiger partial charge in [0.05, 0.1) is 5.56 Å². The van der Waals surface area contributed by atoms with Crippen molar-refractivity contribution in [3.05, 3.63) is 78.1 Å². The molecule has 1 aromatic heterocycles. The van der Waals surface area contributed by atoms with Gasteiger partial charge < -0.3 is 15.3 Å². The highest BCUT2D eigenvalue weighted by atomic mass is 16.4. The molecule has 0 radical (unpaired) electrons. The predicted molar refractivity (Wildman–Crippen MR) is 106 cm³/mol. The molecule has 0 saturated heterocycles. The molecule has 3 aromatic rings. The minimum absolute atomic E-state index is 0.248. The lowest BCUT2D eigenvalue weighted by molar-refractivity contribution is 0.0697. The van der Waals surface area contributed by atoms with Gasteiger partial charge in [0.2, 0.25) is 0 Å². The van der Waals surface area contributed by atoms with E-state index in [1.54, 1.807) is 24.3 Å². The molecule has 0 aliphatic heterocycles. The lowest BCUT2D eigenvalue weighted by atomic mass is 10.2. The first-order chi connectivity index (χ1) is 13.0. The average Bonchev–Trinajstić information content (AvgIpc) is 2.67. The van der Waals surface area contributed by atoms with Crippen molar-refractivity contribution in [3.8, 4) is 0 Å². The van der Waals surface area contributed by atoms with Crippen molar-refractivity contribution in [2.24, 2.45) is 0 Å². The van der Waals surface area contributed by atoms with E-state index in [-0.39, 0.29) is 11.6 Å². The van der Waals surface area contributed by atoms with Gasteiger partial charge in [0, 0.05) is 24.3 Å². The first kappa shape index (κ1) is 18.4. The molecule has 0 aliphatic carbocycles. The molecule has 6 nitrogen and oxygen atoms in total. The zero-order valence-corrected chi connectivity index (χ0v) is 15.3. The molecular formula is C21H22N4O2. The van der Waals surface area contributed by atoms with Gasteiger partial charge in [-0.2, -0.15) is 0 Å². The van der Waals surface area contributed by atoms with Crippen molar-refractivity contribution in [1.29, 1.82) is 0 Å². The quantitative estimate of drug-likeness (QED) is 0.651. The summed E-state index contributed by atoms with van der Waals surface area (Å²) in [6.07, 6.45) is 1.53. The van der Waals surface area contributed by atoms with Crippen LogP contribution in [0, 0.1) is 0 Å². The number of carboxylic acids is 1. The zero-order chi connectivity index (χ0) is 19.2. The van der Waals surface area contributed by atoms with Crippen LogP contribution < -0.4 is 10.2 Å². The van der Waals surface area contributed by atoms with E-state index in [0.29, 0.717) is 5.82 Å². The second kappa shape index (κ2) is 8.31. The summed E-state index contributed by atoms with van der Waals surface area (Å²) in [6.45, 7) is 5.01. The third-order valence-electron chi connectivity index (χ3n) is 4.17. The number of nitrogens with zero attached hydrogens (tertiary/aromatic N) is 3. The minimum atomic E-state index is -0.945. The fraction of sp³-hybridized carbons (Fsp3) is 0.190. The average molecular weight is 362 g/mol. The molecule has 0 spiro atoms. The molecule has 0 aliphatic rings. The second-order valence-electron chi connectivity index (χ2n) is 6.48. The third kappa shape index (κ3) is 4.82. The Hall–Kier alpha value is -3.41. The van der Waals surface area contributed by atoms with Gasteiger partial charge in [-0.05, 0) is 43.7 Å². The number of aromatic nitrogens is 2. The van der Waals surface area contributed by atoms with Crippen LogP contribution in [0.15, 0.2) is 67.0 Å². The maximum Gasteiger partial charge on any atom is 0.335 e. The number of hydrogen-bond donors (Lipinski definition) is 2. The summed E-state index contributed by atoms with van der Waals surface area (Å²) in [6, 6.07) is 19.0. The van der Waals surface area contributed by atoms with Crippen LogP contribution in [0.1, 0.15) is 29.8 Å². The van der Waals surface area contributed by atoms with Crippen LogP contribution in [0.25, 0.3) is 0 Å².